The van der Waals surface area contributed by atoms with Gasteiger partial charge in [-0.05, 0) is 27.2 Å². The lowest BCUT2D eigenvalue weighted by molar-refractivity contribution is -0.120. The van der Waals surface area contributed by atoms with Crippen LogP contribution in [0, 0.1) is 6.92 Å². The summed E-state index contributed by atoms with van der Waals surface area (Å²) in [7, 11) is 0. The normalized spacial score (nSPS) is 11.5. The maximum Gasteiger partial charge on any atom is 0.230 e. The van der Waals surface area contributed by atoms with Crippen LogP contribution in [0.3, 0.4) is 0 Å². The van der Waals surface area contributed by atoms with E-state index in [1.807, 2.05) is 20.8 Å². The van der Waals surface area contributed by atoms with Gasteiger partial charge in [0.15, 0.2) is 5.13 Å². The summed E-state index contributed by atoms with van der Waals surface area (Å²) in [6.45, 7) is 8.00. The smallest absolute Gasteiger partial charge is 0.230 e. The Kier molecular flexibility index (Phi) is 4.82. The molecule has 17 heavy (non-hydrogen) atoms. The van der Waals surface area contributed by atoms with E-state index in [9.17, 15) is 4.79 Å². The number of hydrogen-bond acceptors (Lipinski definition) is 5. The second-order valence-corrected chi connectivity index (χ2v) is 6.77. The summed E-state index contributed by atoms with van der Waals surface area (Å²) in [4.78, 5) is 15.9. The van der Waals surface area contributed by atoms with Crippen molar-refractivity contribution >= 4 is 34.1 Å². The van der Waals surface area contributed by atoms with Crippen LogP contribution in [0.25, 0.3) is 0 Å². The number of amides is 1. The molecular weight excluding hydrogens is 254 g/mol. The van der Waals surface area contributed by atoms with E-state index in [4.69, 9.17) is 5.73 Å². The van der Waals surface area contributed by atoms with Crippen LogP contribution < -0.4 is 11.1 Å². The second-order valence-electron chi connectivity index (χ2n) is 4.50. The fourth-order valence-corrected chi connectivity index (χ4v) is 2.99. The fourth-order valence-electron chi connectivity index (χ4n) is 1.17. The number of aryl methyl sites for hydroxylation is 1. The predicted octanol–water partition coefficient (Wildman–Crippen LogP) is 2.43. The van der Waals surface area contributed by atoms with Gasteiger partial charge in [-0.1, -0.05) is 18.3 Å². The average Bonchev–Trinajstić information content (AvgIpc) is 2.54. The van der Waals surface area contributed by atoms with Crippen LogP contribution in [-0.2, 0) is 4.79 Å². The highest BCUT2D eigenvalue weighted by Crippen LogP contribution is 2.30. The minimum atomic E-state index is -0.139. The van der Waals surface area contributed by atoms with Gasteiger partial charge in [0.25, 0.3) is 0 Å². The summed E-state index contributed by atoms with van der Waals surface area (Å²) >= 11 is 2.92. The molecule has 0 spiro atoms. The summed E-state index contributed by atoms with van der Waals surface area (Å²) in [5, 5.41) is 3.55. The van der Waals surface area contributed by atoms with E-state index in [1.54, 1.807) is 0 Å². The zero-order chi connectivity index (χ0) is 13.1. The molecule has 4 nitrogen and oxygen atoms in total. The molecule has 0 unspecified atom stereocenters. The summed E-state index contributed by atoms with van der Waals surface area (Å²) in [5.74, 6) is 0.458. The first-order valence-corrected chi connectivity index (χ1v) is 7.31. The second kappa shape index (κ2) is 5.73. The number of nitrogens with zero attached hydrogens (tertiary/aromatic N) is 1. The molecule has 0 aliphatic rings. The van der Waals surface area contributed by atoms with Gasteiger partial charge in [-0.3, -0.25) is 4.79 Å². The van der Waals surface area contributed by atoms with Gasteiger partial charge in [-0.25, -0.2) is 4.98 Å². The van der Waals surface area contributed by atoms with E-state index in [2.05, 4.69) is 17.2 Å². The number of nitrogens with two attached hydrogens (primary N) is 1. The predicted molar refractivity (Wildman–Crippen MR) is 74.5 cm³/mol. The molecule has 6 heteroatoms. The number of hydrogen-bond donors (Lipinski definition) is 2. The highest BCUT2D eigenvalue weighted by molar-refractivity contribution is 8.01. The zero-order valence-corrected chi connectivity index (χ0v) is 12.3. The molecule has 1 aromatic heterocycles. The van der Waals surface area contributed by atoms with E-state index in [0.29, 0.717) is 10.9 Å². The third kappa shape index (κ3) is 4.55. The van der Waals surface area contributed by atoms with Gasteiger partial charge in [0.05, 0.1) is 15.7 Å². The van der Waals surface area contributed by atoms with Gasteiger partial charge in [0, 0.05) is 5.54 Å². The number of thioether (sulfide) groups is 1. The summed E-state index contributed by atoms with van der Waals surface area (Å²) in [6.07, 6.45) is 0.913. The van der Waals surface area contributed by atoms with Gasteiger partial charge >= 0.3 is 0 Å². The van der Waals surface area contributed by atoms with Crippen LogP contribution in [0.4, 0.5) is 5.13 Å². The van der Waals surface area contributed by atoms with Gasteiger partial charge in [-0.15, -0.1) is 11.8 Å². The molecular formula is C11H19N3OS2. The fraction of sp³-hybridized carbons (Fsp3) is 0.636. The molecule has 0 aliphatic heterocycles. The quantitative estimate of drug-likeness (QED) is 0.809. The molecule has 0 bridgehead atoms. The molecule has 0 fully saturated rings. The topological polar surface area (TPSA) is 68.0 Å². The molecule has 0 saturated heterocycles. The molecule has 1 aromatic rings. The maximum atomic E-state index is 11.7. The number of nitrogens with one attached hydrogen (secondary N) is 1. The maximum absolute atomic E-state index is 11.7. The largest absolute Gasteiger partial charge is 0.375 e. The highest BCUT2D eigenvalue weighted by Gasteiger charge is 2.18. The summed E-state index contributed by atoms with van der Waals surface area (Å²) < 4.78 is 1.02. The van der Waals surface area contributed by atoms with Crippen molar-refractivity contribution in [1.82, 2.24) is 10.3 Å². The lowest BCUT2D eigenvalue weighted by atomic mass is 10.0. The number of nitrogen functional groups attached to an aromatic ring is 1. The van der Waals surface area contributed by atoms with Gasteiger partial charge < -0.3 is 11.1 Å². The minimum Gasteiger partial charge on any atom is -0.375 e. The molecule has 0 aromatic carbocycles. The molecule has 96 valence electrons. The minimum absolute atomic E-state index is 0.0493. The van der Waals surface area contributed by atoms with Gasteiger partial charge in [-0.2, -0.15) is 0 Å². The van der Waals surface area contributed by atoms with Crippen molar-refractivity contribution < 1.29 is 4.79 Å². The Balaban J connectivity index is 2.46. The molecule has 0 radical (unpaired) electrons. The molecule has 1 amide bonds. The molecule has 0 aliphatic carbocycles. The van der Waals surface area contributed by atoms with Crippen LogP contribution in [0.5, 0.6) is 0 Å². The third-order valence-electron chi connectivity index (χ3n) is 2.47. The van der Waals surface area contributed by atoms with E-state index >= 15 is 0 Å². The Hall–Kier alpha value is -0.750. The number of anilines is 1. The number of rotatable bonds is 5. The molecule has 1 rings (SSSR count). The SMILES string of the molecule is CCC(C)(C)NC(=O)CSc1sc(N)nc1C. The summed E-state index contributed by atoms with van der Waals surface area (Å²) in [5.41, 5.74) is 6.37. The average molecular weight is 273 g/mol. The Labute approximate surface area is 110 Å². The van der Waals surface area contributed by atoms with Crippen molar-refractivity contribution in [3.63, 3.8) is 0 Å². The van der Waals surface area contributed by atoms with Crippen molar-refractivity contribution in [3.05, 3.63) is 5.69 Å². The van der Waals surface area contributed by atoms with Crippen LogP contribution in [0.1, 0.15) is 32.9 Å². The Morgan fingerprint density at radius 2 is 2.24 bits per heavy atom. The lowest BCUT2D eigenvalue weighted by Crippen LogP contribution is -2.43. The van der Waals surface area contributed by atoms with Gasteiger partial charge in [0.2, 0.25) is 5.91 Å². The zero-order valence-electron chi connectivity index (χ0n) is 10.7. The number of thiazole rings is 1. The molecule has 0 saturated carbocycles. The van der Waals surface area contributed by atoms with E-state index in [1.165, 1.54) is 23.1 Å². The van der Waals surface area contributed by atoms with Crippen molar-refractivity contribution in [1.29, 1.82) is 0 Å². The first kappa shape index (κ1) is 14.3. The number of carbonyl (C=O) groups is 1. The number of aromatic nitrogens is 1. The van der Waals surface area contributed by atoms with Crippen LogP contribution in [0.15, 0.2) is 4.21 Å². The van der Waals surface area contributed by atoms with Crippen LogP contribution in [0.2, 0.25) is 0 Å². The van der Waals surface area contributed by atoms with Crippen molar-refractivity contribution in [2.75, 3.05) is 11.5 Å². The summed E-state index contributed by atoms with van der Waals surface area (Å²) in [6, 6.07) is 0. The number of carbonyl (C=O) groups excluding carboxylic acids is 1. The van der Waals surface area contributed by atoms with E-state index in [0.717, 1.165) is 16.3 Å². The van der Waals surface area contributed by atoms with Crippen molar-refractivity contribution in [2.45, 2.75) is 43.9 Å². The molecule has 3 N–H and O–H groups in total. The lowest BCUT2D eigenvalue weighted by Gasteiger charge is -2.24. The van der Waals surface area contributed by atoms with Crippen molar-refractivity contribution in [3.8, 4) is 0 Å². The third-order valence-corrected chi connectivity index (χ3v) is 4.82. The Morgan fingerprint density at radius 3 is 2.71 bits per heavy atom. The first-order valence-electron chi connectivity index (χ1n) is 5.51. The monoisotopic (exact) mass is 273 g/mol. The first-order chi connectivity index (χ1) is 7.84. The van der Waals surface area contributed by atoms with Crippen molar-refractivity contribution in [2.24, 2.45) is 0 Å². The molecule has 1 heterocycles. The van der Waals surface area contributed by atoms with Crippen LogP contribution in [-0.4, -0.2) is 22.2 Å². The molecule has 0 atom stereocenters. The standard InChI is InChI=1S/C11H19N3OS2/c1-5-11(3,4)14-8(15)6-16-9-7(2)13-10(12)17-9/h5-6H2,1-4H3,(H2,12,13)(H,14,15). The van der Waals surface area contributed by atoms with E-state index in [-0.39, 0.29) is 11.4 Å². The Morgan fingerprint density at radius 1 is 1.59 bits per heavy atom. The van der Waals surface area contributed by atoms with Crippen LogP contribution >= 0.6 is 23.1 Å². The highest BCUT2D eigenvalue weighted by atomic mass is 32.2. The van der Waals surface area contributed by atoms with Gasteiger partial charge in [0.1, 0.15) is 0 Å². The van der Waals surface area contributed by atoms with E-state index < -0.39 is 0 Å². The Bertz CT molecular complexity index is 401.